The number of methoxy groups -OCH3 is 1. The van der Waals surface area contributed by atoms with E-state index in [2.05, 4.69) is 4.74 Å². The first-order valence-corrected chi connectivity index (χ1v) is 8.86. The van der Waals surface area contributed by atoms with Gasteiger partial charge < -0.3 is 9.47 Å². The van der Waals surface area contributed by atoms with Gasteiger partial charge >= 0.3 is 11.9 Å². The van der Waals surface area contributed by atoms with Gasteiger partial charge in [-0.3, -0.25) is 19.2 Å². The summed E-state index contributed by atoms with van der Waals surface area (Å²) in [6.45, 7) is 0.914. The van der Waals surface area contributed by atoms with Gasteiger partial charge in [0.25, 0.3) is 0 Å². The van der Waals surface area contributed by atoms with Crippen LogP contribution >= 0.6 is 0 Å². The molecule has 28 heavy (non-hydrogen) atoms. The molecule has 152 valence electrons. The first-order valence-electron chi connectivity index (χ1n) is 8.86. The van der Waals surface area contributed by atoms with Crippen molar-refractivity contribution in [2.75, 3.05) is 7.11 Å². The van der Waals surface area contributed by atoms with E-state index in [0.29, 0.717) is 5.56 Å². The molecule has 8 heteroatoms. The second kappa shape index (κ2) is 9.03. The zero-order valence-corrected chi connectivity index (χ0v) is 15.7. The Morgan fingerprint density at radius 3 is 2.36 bits per heavy atom. The van der Waals surface area contributed by atoms with Crippen molar-refractivity contribution in [3.63, 3.8) is 0 Å². The molecule has 0 amide bonds. The highest BCUT2D eigenvalue weighted by Crippen LogP contribution is 2.42. The molecule has 1 unspecified atom stereocenters. The second-order valence-electron chi connectivity index (χ2n) is 6.87. The van der Waals surface area contributed by atoms with Crippen molar-refractivity contribution >= 4 is 23.5 Å². The molecule has 0 bridgehead atoms. The van der Waals surface area contributed by atoms with E-state index in [0.717, 1.165) is 14.0 Å². The van der Waals surface area contributed by atoms with Gasteiger partial charge in [0.15, 0.2) is 17.5 Å². The average molecular weight is 396 g/mol. The molecule has 6 nitrogen and oxygen atoms in total. The smallest absolute Gasteiger partial charge is 0.324 e. The number of esters is 2. The van der Waals surface area contributed by atoms with Gasteiger partial charge in [0.2, 0.25) is 5.92 Å². The number of halogens is 2. The van der Waals surface area contributed by atoms with E-state index in [1.54, 1.807) is 30.3 Å². The first-order chi connectivity index (χ1) is 13.2. The Hall–Kier alpha value is -2.64. The SMILES string of the molecule is COC(=O)[C@@H]1CC(F)(F)CC[C@H]1C(=O)C(C(C)=O)C(=O)OCc1ccccc1. The lowest BCUT2D eigenvalue weighted by atomic mass is 9.72. The van der Waals surface area contributed by atoms with Crippen molar-refractivity contribution in [2.24, 2.45) is 17.8 Å². The maximum atomic E-state index is 13.7. The van der Waals surface area contributed by atoms with Crippen LogP contribution in [-0.4, -0.2) is 36.5 Å². The first kappa shape index (κ1) is 21.7. The largest absolute Gasteiger partial charge is 0.469 e. The van der Waals surface area contributed by atoms with E-state index in [9.17, 15) is 28.0 Å². The summed E-state index contributed by atoms with van der Waals surface area (Å²) in [6.07, 6.45) is -1.79. The molecule has 0 aromatic heterocycles. The number of alkyl halides is 2. The molecule has 1 aromatic rings. The van der Waals surface area contributed by atoms with Gasteiger partial charge in [-0.15, -0.1) is 0 Å². The van der Waals surface area contributed by atoms with Crippen LogP contribution in [0, 0.1) is 17.8 Å². The Morgan fingerprint density at radius 1 is 1.14 bits per heavy atom. The Kier molecular flexibility index (Phi) is 6.99. The molecule has 1 aliphatic rings. The van der Waals surface area contributed by atoms with Crippen molar-refractivity contribution in [3.8, 4) is 0 Å². The molecular formula is C20H22F2O6. The molecule has 0 spiro atoms. The maximum Gasteiger partial charge on any atom is 0.324 e. The molecule has 0 saturated heterocycles. The number of hydrogen-bond acceptors (Lipinski definition) is 6. The van der Waals surface area contributed by atoms with Crippen molar-refractivity contribution in [3.05, 3.63) is 35.9 Å². The van der Waals surface area contributed by atoms with Crippen molar-refractivity contribution < 1.29 is 37.4 Å². The lowest BCUT2D eigenvalue weighted by Crippen LogP contribution is -2.45. The van der Waals surface area contributed by atoms with Gasteiger partial charge in [-0.2, -0.15) is 0 Å². The standard InChI is InChI=1S/C20H22F2O6/c1-12(23)16(19(26)28-11-13-6-4-3-5-7-13)17(24)14-8-9-20(21,22)10-15(14)18(25)27-2/h3-7,14-16H,8-11H2,1-2H3/t14-,15-,16?/m1/s1. The molecule has 1 fully saturated rings. The Labute approximate surface area is 161 Å². The summed E-state index contributed by atoms with van der Waals surface area (Å²) < 4.78 is 37.1. The number of rotatable bonds is 7. The van der Waals surface area contributed by atoms with Crippen molar-refractivity contribution in [1.82, 2.24) is 0 Å². The van der Waals surface area contributed by atoms with E-state index < -0.39 is 60.0 Å². The summed E-state index contributed by atoms with van der Waals surface area (Å²) >= 11 is 0. The highest BCUT2D eigenvalue weighted by atomic mass is 19.3. The van der Waals surface area contributed by atoms with Crippen LogP contribution in [0.2, 0.25) is 0 Å². The number of ether oxygens (including phenoxy) is 2. The summed E-state index contributed by atoms with van der Waals surface area (Å²) in [4.78, 5) is 49.1. The molecular weight excluding hydrogens is 374 g/mol. The molecule has 0 aliphatic heterocycles. The predicted octanol–water partition coefficient (Wildman–Crippen LogP) is 2.73. The third kappa shape index (κ3) is 5.21. The zero-order valence-electron chi connectivity index (χ0n) is 15.7. The van der Waals surface area contributed by atoms with Crippen LogP contribution in [-0.2, 0) is 35.3 Å². The Bertz CT molecular complexity index is 746. The highest BCUT2D eigenvalue weighted by molar-refractivity contribution is 6.17. The summed E-state index contributed by atoms with van der Waals surface area (Å²) in [7, 11) is 1.03. The zero-order chi connectivity index (χ0) is 20.9. The summed E-state index contributed by atoms with van der Waals surface area (Å²) in [5.74, 6) is -11.1. The summed E-state index contributed by atoms with van der Waals surface area (Å²) in [5, 5.41) is 0. The van der Waals surface area contributed by atoms with Gasteiger partial charge in [-0.25, -0.2) is 8.78 Å². The molecule has 1 aromatic carbocycles. The molecule has 0 radical (unpaired) electrons. The van der Waals surface area contributed by atoms with Crippen LogP contribution in [0.5, 0.6) is 0 Å². The minimum absolute atomic E-state index is 0.139. The fourth-order valence-corrected chi connectivity index (χ4v) is 3.38. The van der Waals surface area contributed by atoms with Crippen LogP contribution in [0.15, 0.2) is 30.3 Å². The molecule has 0 N–H and O–H groups in total. The molecule has 0 heterocycles. The van der Waals surface area contributed by atoms with Gasteiger partial charge in [0.1, 0.15) is 6.61 Å². The number of benzene rings is 1. The van der Waals surface area contributed by atoms with Crippen LogP contribution in [0.1, 0.15) is 31.7 Å². The fourth-order valence-electron chi connectivity index (χ4n) is 3.38. The Morgan fingerprint density at radius 2 is 1.79 bits per heavy atom. The topological polar surface area (TPSA) is 86.7 Å². The van der Waals surface area contributed by atoms with E-state index in [1.807, 2.05) is 0 Å². The van der Waals surface area contributed by atoms with Crippen LogP contribution in [0.25, 0.3) is 0 Å². The van der Waals surface area contributed by atoms with Gasteiger partial charge in [0, 0.05) is 18.8 Å². The normalized spacial score (nSPS) is 22.0. The van der Waals surface area contributed by atoms with Crippen molar-refractivity contribution in [1.29, 1.82) is 0 Å². The highest BCUT2D eigenvalue weighted by Gasteiger charge is 2.50. The Balaban J connectivity index is 2.17. The number of ketones is 2. The maximum absolute atomic E-state index is 13.7. The number of carbonyl (C=O) groups excluding carboxylic acids is 4. The molecule has 3 atom stereocenters. The summed E-state index contributed by atoms with van der Waals surface area (Å²) in [6, 6.07) is 8.65. The quantitative estimate of drug-likeness (QED) is 0.520. The number of Topliss-reactive ketones (excluding diaryl/α,β-unsaturated/α-hetero) is 2. The van der Waals surface area contributed by atoms with E-state index >= 15 is 0 Å². The van der Waals surface area contributed by atoms with Crippen LogP contribution in [0.4, 0.5) is 8.78 Å². The molecule has 1 saturated carbocycles. The monoisotopic (exact) mass is 396 g/mol. The van der Waals surface area contributed by atoms with E-state index in [1.165, 1.54) is 0 Å². The van der Waals surface area contributed by atoms with Gasteiger partial charge in [-0.05, 0) is 18.9 Å². The van der Waals surface area contributed by atoms with E-state index in [-0.39, 0.29) is 13.0 Å². The van der Waals surface area contributed by atoms with Gasteiger partial charge in [-0.1, -0.05) is 30.3 Å². The van der Waals surface area contributed by atoms with Crippen LogP contribution in [0.3, 0.4) is 0 Å². The number of carbonyl (C=O) groups is 4. The minimum Gasteiger partial charge on any atom is -0.469 e. The van der Waals surface area contributed by atoms with Gasteiger partial charge in [0.05, 0.1) is 13.0 Å². The third-order valence-corrected chi connectivity index (χ3v) is 4.85. The second-order valence-corrected chi connectivity index (χ2v) is 6.87. The average Bonchev–Trinajstić information content (AvgIpc) is 2.65. The fraction of sp³-hybridized carbons (Fsp3) is 0.500. The van der Waals surface area contributed by atoms with Crippen molar-refractivity contribution in [2.45, 2.75) is 38.7 Å². The lowest BCUT2D eigenvalue weighted by molar-refractivity contribution is -0.166. The van der Waals surface area contributed by atoms with E-state index in [4.69, 9.17) is 4.74 Å². The molecule has 1 aliphatic carbocycles. The third-order valence-electron chi connectivity index (χ3n) is 4.85. The lowest BCUT2D eigenvalue weighted by Gasteiger charge is -2.34. The molecule has 2 rings (SSSR count). The number of hydrogen-bond donors (Lipinski definition) is 0. The van der Waals surface area contributed by atoms with Crippen LogP contribution < -0.4 is 0 Å². The minimum atomic E-state index is -3.12. The predicted molar refractivity (Wildman–Crippen MR) is 93.2 cm³/mol. The summed E-state index contributed by atoms with van der Waals surface area (Å²) in [5.41, 5.74) is 0.662.